The maximum Gasteiger partial charge on any atom is 0.251 e. The molecule has 1 saturated carbocycles. The van der Waals surface area contributed by atoms with Gasteiger partial charge >= 0.3 is 0 Å². The number of hydrogen-bond donors (Lipinski definition) is 3. The Morgan fingerprint density at radius 2 is 1.95 bits per heavy atom. The highest BCUT2D eigenvalue weighted by Gasteiger charge is 2.27. The molecule has 1 aromatic rings. The van der Waals surface area contributed by atoms with E-state index in [9.17, 15) is 9.59 Å². The first-order valence-corrected chi connectivity index (χ1v) is 7.50. The number of carbonyl (C=O) groups excluding carboxylic acids is 2. The van der Waals surface area contributed by atoms with Crippen molar-refractivity contribution in [1.82, 2.24) is 5.32 Å². The maximum absolute atomic E-state index is 12.4. The number of benzene rings is 1. The van der Waals surface area contributed by atoms with E-state index < -0.39 is 0 Å². The average Bonchev–Trinajstić information content (AvgIpc) is 2.71. The number of hydrogen-bond acceptors (Lipinski definition) is 3. The Hall–Kier alpha value is -1.88. The fourth-order valence-corrected chi connectivity index (χ4v) is 2.78. The second-order valence-corrected chi connectivity index (χ2v) is 5.56. The summed E-state index contributed by atoms with van der Waals surface area (Å²) in [5.74, 6) is -0.355. The molecular weight excluding hydrogens is 266 g/mol. The van der Waals surface area contributed by atoms with Crippen LogP contribution in [0.15, 0.2) is 24.3 Å². The van der Waals surface area contributed by atoms with Gasteiger partial charge in [-0.1, -0.05) is 25.3 Å². The molecule has 2 atom stereocenters. The zero-order valence-electron chi connectivity index (χ0n) is 12.4. The second-order valence-electron chi connectivity index (χ2n) is 5.56. The van der Waals surface area contributed by atoms with E-state index in [0.717, 1.165) is 32.1 Å². The summed E-state index contributed by atoms with van der Waals surface area (Å²) in [4.78, 5) is 24.0. The van der Waals surface area contributed by atoms with Gasteiger partial charge in [-0.3, -0.25) is 9.59 Å². The van der Waals surface area contributed by atoms with Crippen LogP contribution in [0.25, 0.3) is 0 Å². The summed E-state index contributed by atoms with van der Waals surface area (Å²) in [7, 11) is 1.58. The van der Waals surface area contributed by atoms with E-state index in [-0.39, 0.29) is 23.8 Å². The summed E-state index contributed by atoms with van der Waals surface area (Å²) in [5.41, 5.74) is 7.27. The van der Waals surface area contributed by atoms with Crippen molar-refractivity contribution in [3.8, 4) is 0 Å². The Morgan fingerprint density at radius 3 is 2.71 bits per heavy atom. The van der Waals surface area contributed by atoms with Crippen LogP contribution >= 0.6 is 0 Å². The van der Waals surface area contributed by atoms with E-state index in [1.807, 2.05) is 0 Å². The predicted octanol–water partition coefficient (Wildman–Crippen LogP) is 1.89. The lowest BCUT2D eigenvalue weighted by molar-refractivity contribution is -0.120. The molecule has 21 heavy (non-hydrogen) atoms. The van der Waals surface area contributed by atoms with Gasteiger partial charge in [0.1, 0.15) is 0 Å². The molecule has 0 aliphatic heterocycles. The monoisotopic (exact) mass is 289 g/mol. The maximum atomic E-state index is 12.4. The van der Waals surface area contributed by atoms with Gasteiger partial charge in [0.25, 0.3) is 5.91 Å². The van der Waals surface area contributed by atoms with Crippen LogP contribution in [0.2, 0.25) is 0 Å². The van der Waals surface area contributed by atoms with E-state index >= 15 is 0 Å². The minimum absolute atomic E-state index is 0.0431. The highest BCUT2D eigenvalue weighted by Crippen LogP contribution is 2.23. The Morgan fingerprint density at radius 1 is 1.19 bits per heavy atom. The number of carbonyl (C=O) groups is 2. The van der Waals surface area contributed by atoms with Gasteiger partial charge in [-0.25, -0.2) is 0 Å². The van der Waals surface area contributed by atoms with Crippen molar-refractivity contribution in [3.63, 3.8) is 0 Å². The number of nitrogens with one attached hydrogen (secondary N) is 2. The molecule has 0 radical (unpaired) electrons. The Bertz CT molecular complexity index is 516. The number of nitrogens with two attached hydrogens (primary N) is 1. The molecule has 114 valence electrons. The van der Waals surface area contributed by atoms with Gasteiger partial charge in [-0.2, -0.15) is 0 Å². The molecule has 0 bridgehead atoms. The fourth-order valence-electron chi connectivity index (χ4n) is 2.78. The normalized spacial score (nSPS) is 22.2. The minimum Gasteiger partial charge on any atom is -0.355 e. The Balaban J connectivity index is 2.06. The van der Waals surface area contributed by atoms with Gasteiger partial charge in [0.15, 0.2) is 0 Å². The van der Waals surface area contributed by atoms with Crippen molar-refractivity contribution in [2.24, 2.45) is 11.7 Å². The second kappa shape index (κ2) is 7.22. The SMILES string of the molecule is CNC(=O)c1cccc(NC(=O)C2CCCCCC2N)c1. The van der Waals surface area contributed by atoms with Gasteiger partial charge in [-0.05, 0) is 31.0 Å². The van der Waals surface area contributed by atoms with E-state index in [4.69, 9.17) is 5.73 Å². The molecule has 5 nitrogen and oxygen atoms in total. The quantitative estimate of drug-likeness (QED) is 0.743. The van der Waals surface area contributed by atoms with Crippen LogP contribution in [0, 0.1) is 5.92 Å². The molecule has 1 aromatic carbocycles. The summed E-state index contributed by atoms with van der Waals surface area (Å²) < 4.78 is 0. The first-order valence-electron chi connectivity index (χ1n) is 7.50. The Kier molecular flexibility index (Phi) is 5.33. The molecule has 0 heterocycles. The molecule has 2 amide bonds. The van der Waals surface area contributed by atoms with Crippen LogP contribution in [-0.4, -0.2) is 24.9 Å². The molecule has 0 saturated heterocycles. The highest BCUT2D eigenvalue weighted by atomic mass is 16.2. The van der Waals surface area contributed by atoms with E-state index in [1.165, 1.54) is 0 Å². The van der Waals surface area contributed by atoms with Crippen molar-refractivity contribution in [2.45, 2.75) is 38.1 Å². The molecule has 1 aliphatic rings. The number of rotatable bonds is 3. The van der Waals surface area contributed by atoms with E-state index in [0.29, 0.717) is 11.3 Å². The minimum atomic E-state index is -0.169. The summed E-state index contributed by atoms with van der Waals surface area (Å²) in [6, 6.07) is 6.86. The first-order chi connectivity index (χ1) is 10.1. The average molecular weight is 289 g/mol. The summed E-state index contributed by atoms with van der Waals surface area (Å²) >= 11 is 0. The van der Waals surface area contributed by atoms with Crippen LogP contribution in [0.3, 0.4) is 0 Å². The molecule has 2 unspecified atom stereocenters. The number of amides is 2. The fraction of sp³-hybridized carbons (Fsp3) is 0.500. The topological polar surface area (TPSA) is 84.2 Å². The summed E-state index contributed by atoms with van der Waals surface area (Å²) in [6.45, 7) is 0. The lowest BCUT2D eigenvalue weighted by Gasteiger charge is -2.20. The lowest BCUT2D eigenvalue weighted by Crippen LogP contribution is -2.37. The van der Waals surface area contributed by atoms with Crippen molar-refractivity contribution in [3.05, 3.63) is 29.8 Å². The molecule has 1 fully saturated rings. The Labute approximate surface area is 125 Å². The lowest BCUT2D eigenvalue weighted by atomic mass is 9.94. The van der Waals surface area contributed by atoms with Crippen LogP contribution < -0.4 is 16.4 Å². The van der Waals surface area contributed by atoms with Crippen molar-refractivity contribution >= 4 is 17.5 Å². The number of anilines is 1. The predicted molar refractivity (Wildman–Crippen MR) is 83.0 cm³/mol. The molecular formula is C16H23N3O2. The first kappa shape index (κ1) is 15.5. The zero-order chi connectivity index (χ0) is 15.2. The third kappa shape index (κ3) is 4.04. The van der Waals surface area contributed by atoms with Gasteiger partial charge < -0.3 is 16.4 Å². The standard InChI is InChI=1S/C16H23N3O2/c1-18-15(20)11-6-5-7-12(10-11)19-16(21)13-8-3-2-4-9-14(13)17/h5-7,10,13-14H,2-4,8-9,17H2,1H3,(H,18,20)(H,19,21). The van der Waals surface area contributed by atoms with Gasteiger partial charge in [0.05, 0.1) is 5.92 Å². The molecule has 4 N–H and O–H groups in total. The third-order valence-electron chi connectivity index (χ3n) is 4.03. The molecule has 0 spiro atoms. The van der Waals surface area contributed by atoms with Crippen LogP contribution in [0.1, 0.15) is 42.5 Å². The molecule has 2 rings (SSSR count). The summed E-state index contributed by atoms with van der Waals surface area (Å²) in [5, 5.41) is 5.46. The zero-order valence-corrected chi connectivity index (χ0v) is 12.4. The molecule has 1 aliphatic carbocycles. The smallest absolute Gasteiger partial charge is 0.251 e. The molecule has 0 aromatic heterocycles. The van der Waals surface area contributed by atoms with Gasteiger partial charge in [0, 0.05) is 24.3 Å². The summed E-state index contributed by atoms with van der Waals surface area (Å²) in [6.07, 6.45) is 5.02. The van der Waals surface area contributed by atoms with Crippen molar-refractivity contribution in [2.75, 3.05) is 12.4 Å². The van der Waals surface area contributed by atoms with Crippen molar-refractivity contribution in [1.29, 1.82) is 0 Å². The van der Waals surface area contributed by atoms with Crippen LogP contribution in [0.5, 0.6) is 0 Å². The van der Waals surface area contributed by atoms with Crippen LogP contribution in [-0.2, 0) is 4.79 Å². The highest BCUT2D eigenvalue weighted by molar-refractivity contribution is 5.97. The van der Waals surface area contributed by atoms with Gasteiger partial charge in [-0.15, -0.1) is 0 Å². The van der Waals surface area contributed by atoms with Crippen LogP contribution in [0.4, 0.5) is 5.69 Å². The van der Waals surface area contributed by atoms with E-state index in [1.54, 1.807) is 31.3 Å². The van der Waals surface area contributed by atoms with Gasteiger partial charge in [0.2, 0.25) is 5.91 Å². The van der Waals surface area contributed by atoms with Crippen molar-refractivity contribution < 1.29 is 9.59 Å². The largest absolute Gasteiger partial charge is 0.355 e. The molecule has 5 heteroatoms. The third-order valence-corrected chi connectivity index (χ3v) is 4.03. The van der Waals surface area contributed by atoms with E-state index in [2.05, 4.69) is 10.6 Å².